The Labute approximate surface area is 100 Å². The highest BCUT2D eigenvalue weighted by molar-refractivity contribution is 9.10. The number of rotatable bonds is 3. The number of benzene rings is 1. The van der Waals surface area contributed by atoms with Gasteiger partial charge in [0.2, 0.25) is 0 Å². The fourth-order valence-electron chi connectivity index (χ4n) is 1.37. The second-order valence-corrected chi connectivity index (χ2v) is 4.10. The normalized spacial score (nSPS) is 10.4. The molecule has 82 valence electrons. The van der Waals surface area contributed by atoms with E-state index >= 15 is 0 Å². The number of hydrogen-bond donors (Lipinski definition) is 0. The van der Waals surface area contributed by atoms with Crippen molar-refractivity contribution >= 4 is 22.2 Å². The van der Waals surface area contributed by atoms with E-state index in [1.54, 1.807) is 23.0 Å². The molecule has 3 nitrogen and oxygen atoms in total. The van der Waals surface area contributed by atoms with Crippen LogP contribution in [0.5, 0.6) is 0 Å². The summed E-state index contributed by atoms with van der Waals surface area (Å²) in [5.74, 6) is -0.305. The topological polar surface area (TPSA) is 34.9 Å². The maximum atomic E-state index is 13.2. The Balaban J connectivity index is 2.26. The van der Waals surface area contributed by atoms with Crippen molar-refractivity contribution in [2.24, 2.45) is 0 Å². The number of aromatic nitrogens is 2. The van der Waals surface area contributed by atoms with Gasteiger partial charge in [0.1, 0.15) is 5.82 Å². The van der Waals surface area contributed by atoms with Crippen molar-refractivity contribution in [1.29, 1.82) is 0 Å². The van der Waals surface area contributed by atoms with Gasteiger partial charge in [-0.15, -0.1) is 0 Å². The lowest BCUT2D eigenvalue weighted by atomic mass is 10.2. The lowest BCUT2D eigenvalue weighted by Crippen LogP contribution is -2.01. The molecule has 0 aliphatic rings. The van der Waals surface area contributed by atoms with Crippen LogP contribution >= 0.6 is 15.9 Å². The fourth-order valence-corrected chi connectivity index (χ4v) is 1.76. The molecule has 2 rings (SSSR count). The van der Waals surface area contributed by atoms with E-state index in [4.69, 9.17) is 0 Å². The van der Waals surface area contributed by atoms with Gasteiger partial charge in [0.05, 0.1) is 22.8 Å². The quantitative estimate of drug-likeness (QED) is 0.812. The van der Waals surface area contributed by atoms with E-state index in [0.717, 1.165) is 11.8 Å². The molecule has 0 atom stereocenters. The van der Waals surface area contributed by atoms with Gasteiger partial charge in [0.25, 0.3) is 0 Å². The average molecular weight is 283 g/mol. The average Bonchev–Trinajstić information content (AvgIpc) is 2.73. The molecule has 0 radical (unpaired) electrons. The molecule has 0 fully saturated rings. The summed E-state index contributed by atoms with van der Waals surface area (Å²) < 4.78 is 15.2. The van der Waals surface area contributed by atoms with Crippen LogP contribution in [0.4, 0.5) is 4.39 Å². The Kier molecular flexibility index (Phi) is 3.14. The van der Waals surface area contributed by atoms with E-state index < -0.39 is 0 Å². The highest BCUT2D eigenvalue weighted by atomic mass is 79.9. The molecule has 0 aliphatic heterocycles. The first kappa shape index (κ1) is 11.0. The Morgan fingerprint density at radius 2 is 2.31 bits per heavy atom. The van der Waals surface area contributed by atoms with Crippen LogP contribution in [0.25, 0.3) is 0 Å². The molecular weight excluding hydrogens is 275 g/mol. The Bertz CT molecular complexity index is 524. The van der Waals surface area contributed by atoms with Crippen molar-refractivity contribution in [1.82, 2.24) is 9.78 Å². The fraction of sp³-hybridized carbons (Fsp3) is 0.0909. The van der Waals surface area contributed by atoms with Crippen LogP contribution in [-0.4, -0.2) is 16.1 Å². The number of carbonyl (C=O) groups is 1. The van der Waals surface area contributed by atoms with Crippen LogP contribution in [0.2, 0.25) is 0 Å². The van der Waals surface area contributed by atoms with Crippen molar-refractivity contribution in [3.63, 3.8) is 0 Å². The zero-order valence-corrected chi connectivity index (χ0v) is 9.82. The van der Waals surface area contributed by atoms with E-state index in [1.807, 2.05) is 0 Å². The highest BCUT2D eigenvalue weighted by Crippen LogP contribution is 2.21. The minimum atomic E-state index is -0.305. The zero-order chi connectivity index (χ0) is 11.5. The maximum absolute atomic E-state index is 13.2. The van der Waals surface area contributed by atoms with Crippen LogP contribution in [0, 0.1) is 5.82 Å². The van der Waals surface area contributed by atoms with Crippen LogP contribution in [0.3, 0.4) is 0 Å². The molecule has 0 saturated heterocycles. The van der Waals surface area contributed by atoms with Crippen LogP contribution in [0.15, 0.2) is 35.1 Å². The number of carbonyl (C=O) groups excluding carboxylic acids is 1. The molecule has 1 heterocycles. The molecule has 0 amide bonds. The standard InChI is InChI=1S/C11H8BrFN2O/c12-11-9(2-1-3-10(11)13)6-15-5-8(7-16)4-14-15/h1-5,7H,6H2. The van der Waals surface area contributed by atoms with Crippen molar-refractivity contribution in [2.75, 3.05) is 0 Å². The van der Waals surface area contributed by atoms with Gasteiger partial charge in [-0.1, -0.05) is 12.1 Å². The van der Waals surface area contributed by atoms with E-state index in [1.165, 1.54) is 12.3 Å². The molecule has 0 saturated carbocycles. The Hall–Kier alpha value is -1.49. The van der Waals surface area contributed by atoms with Gasteiger partial charge >= 0.3 is 0 Å². The summed E-state index contributed by atoms with van der Waals surface area (Å²) in [5, 5.41) is 4.00. The first-order chi connectivity index (χ1) is 7.70. The Morgan fingerprint density at radius 3 is 3.00 bits per heavy atom. The van der Waals surface area contributed by atoms with Gasteiger partial charge in [-0.05, 0) is 27.6 Å². The Morgan fingerprint density at radius 1 is 1.50 bits per heavy atom. The molecule has 0 bridgehead atoms. The lowest BCUT2D eigenvalue weighted by Gasteiger charge is -2.05. The summed E-state index contributed by atoms with van der Waals surface area (Å²) in [7, 11) is 0. The van der Waals surface area contributed by atoms with E-state index in [9.17, 15) is 9.18 Å². The third-order valence-electron chi connectivity index (χ3n) is 2.15. The largest absolute Gasteiger partial charge is 0.298 e. The van der Waals surface area contributed by atoms with Gasteiger partial charge in [-0.2, -0.15) is 5.10 Å². The maximum Gasteiger partial charge on any atom is 0.153 e. The smallest absolute Gasteiger partial charge is 0.153 e. The first-order valence-electron chi connectivity index (χ1n) is 4.61. The third kappa shape index (κ3) is 2.19. The summed E-state index contributed by atoms with van der Waals surface area (Å²) in [6, 6.07) is 4.82. The second kappa shape index (κ2) is 4.57. The summed E-state index contributed by atoms with van der Waals surface area (Å²) in [4.78, 5) is 10.5. The minimum absolute atomic E-state index is 0.305. The number of nitrogens with zero attached hydrogens (tertiary/aromatic N) is 2. The summed E-state index contributed by atoms with van der Waals surface area (Å²) in [6.07, 6.45) is 3.81. The predicted octanol–water partition coefficient (Wildman–Crippen LogP) is 2.65. The third-order valence-corrected chi connectivity index (χ3v) is 3.04. The van der Waals surface area contributed by atoms with Gasteiger partial charge in [-0.25, -0.2) is 4.39 Å². The van der Waals surface area contributed by atoms with Gasteiger partial charge in [0, 0.05) is 6.20 Å². The molecule has 1 aromatic carbocycles. The first-order valence-corrected chi connectivity index (χ1v) is 5.40. The van der Waals surface area contributed by atoms with Crippen LogP contribution < -0.4 is 0 Å². The van der Waals surface area contributed by atoms with Crippen molar-refractivity contribution in [3.05, 3.63) is 52.0 Å². The molecule has 1 aromatic heterocycles. The van der Waals surface area contributed by atoms with Crippen LogP contribution in [-0.2, 0) is 6.54 Å². The van der Waals surface area contributed by atoms with E-state index in [2.05, 4.69) is 21.0 Å². The van der Waals surface area contributed by atoms with Gasteiger partial charge in [0.15, 0.2) is 6.29 Å². The summed E-state index contributed by atoms with van der Waals surface area (Å²) >= 11 is 3.18. The predicted molar refractivity (Wildman–Crippen MR) is 60.8 cm³/mol. The van der Waals surface area contributed by atoms with Crippen molar-refractivity contribution in [2.45, 2.75) is 6.54 Å². The number of hydrogen-bond acceptors (Lipinski definition) is 2. The molecule has 5 heteroatoms. The molecule has 0 unspecified atom stereocenters. The van der Waals surface area contributed by atoms with E-state index in [-0.39, 0.29) is 5.82 Å². The van der Waals surface area contributed by atoms with Gasteiger partial charge in [-0.3, -0.25) is 9.48 Å². The molecule has 0 aliphatic carbocycles. The SMILES string of the molecule is O=Cc1cnn(Cc2cccc(F)c2Br)c1. The minimum Gasteiger partial charge on any atom is -0.298 e. The lowest BCUT2D eigenvalue weighted by molar-refractivity contribution is 0.112. The second-order valence-electron chi connectivity index (χ2n) is 3.30. The highest BCUT2D eigenvalue weighted by Gasteiger charge is 2.06. The number of aldehydes is 1. The molecule has 0 spiro atoms. The zero-order valence-electron chi connectivity index (χ0n) is 8.23. The van der Waals surface area contributed by atoms with Gasteiger partial charge < -0.3 is 0 Å². The summed E-state index contributed by atoms with van der Waals surface area (Å²) in [6.45, 7) is 0.423. The molecule has 2 aromatic rings. The summed E-state index contributed by atoms with van der Waals surface area (Å²) in [5.41, 5.74) is 1.29. The molecular formula is C11H8BrFN2O. The number of halogens is 2. The van der Waals surface area contributed by atoms with Crippen molar-refractivity contribution < 1.29 is 9.18 Å². The van der Waals surface area contributed by atoms with Crippen molar-refractivity contribution in [3.8, 4) is 0 Å². The molecule has 0 N–H and O–H groups in total. The van der Waals surface area contributed by atoms with Crippen LogP contribution in [0.1, 0.15) is 15.9 Å². The monoisotopic (exact) mass is 282 g/mol. The molecule has 16 heavy (non-hydrogen) atoms. The van der Waals surface area contributed by atoms with E-state index in [0.29, 0.717) is 16.6 Å².